The Morgan fingerprint density at radius 3 is 2.67 bits per heavy atom. The minimum Gasteiger partial charge on any atom is -0.387 e. The number of nitrogens with one attached hydrogen (secondary N) is 2. The van der Waals surface area contributed by atoms with Gasteiger partial charge in [0.15, 0.2) is 0 Å². The smallest absolute Gasteiger partial charge is 0.387 e. The summed E-state index contributed by atoms with van der Waals surface area (Å²) in [6.07, 6.45) is -5.26. The number of carbonyl (C=O) groups excluding carboxylic acids is 1. The van der Waals surface area contributed by atoms with Crippen LogP contribution in [0.4, 0.5) is 18.0 Å². The van der Waals surface area contributed by atoms with Gasteiger partial charge in [-0.1, -0.05) is 36.4 Å². The maximum Gasteiger partial charge on any atom is 0.416 e. The molecule has 144 valence electrons. The molecule has 2 amide bonds. The van der Waals surface area contributed by atoms with Crippen molar-refractivity contribution in [1.29, 1.82) is 0 Å². The monoisotopic (exact) mass is 396 g/mol. The molecule has 0 bridgehead atoms. The van der Waals surface area contributed by atoms with Crippen LogP contribution in [0.15, 0.2) is 53.4 Å². The zero-order chi connectivity index (χ0) is 19.4. The number of aliphatic hydroxyl groups is 1. The van der Waals surface area contributed by atoms with Gasteiger partial charge in [0.1, 0.15) is 0 Å². The zero-order valence-corrected chi connectivity index (χ0v) is 15.1. The van der Waals surface area contributed by atoms with E-state index in [2.05, 4.69) is 10.6 Å². The van der Waals surface area contributed by atoms with Gasteiger partial charge in [0.05, 0.1) is 17.7 Å². The van der Waals surface area contributed by atoms with Crippen molar-refractivity contribution in [2.24, 2.45) is 0 Å². The van der Waals surface area contributed by atoms with E-state index in [1.165, 1.54) is 18.2 Å². The number of thioether (sulfide) groups is 1. The highest BCUT2D eigenvalue weighted by Gasteiger charge is 2.34. The van der Waals surface area contributed by atoms with Crippen LogP contribution in [0.25, 0.3) is 0 Å². The Kier molecular flexibility index (Phi) is 5.96. The summed E-state index contributed by atoms with van der Waals surface area (Å²) in [6, 6.07) is 11.9. The van der Waals surface area contributed by atoms with Gasteiger partial charge in [0.25, 0.3) is 0 Å². The highest BCUT2D eigenvalue weighted by Crippen LogP contribution is 2.36. The van der Waals surface area contributed by atoms with Crippen LogP contribution in [0.3, 0.4) is 0 Å². The summed E-state index contributed by atoms with van der Waals surface area (Å²) >= 11 is 1.72. The van der Waals surface area contributed by atoms with Gasteiger partial charge < -0.3 is 15.7 Å². The zero-order valence-electron chi connectivity index (χ0n) is 14.3. The number of aliphatic hydroxyl groups excluding tert-OH is 1. The van der Waals surface area contributed by atoms with E-state index in [1.54, 1.807) is 11.8 Å². The van der Waals surface area contributed by atoms with Crippen LogP contribution in [0.2, 0.25) is 0 Å². The first-order chi connectivity index (χ1) is 12.9. The minimum atomic E-state index is -4.57. The maximum absolute atomic E-state index is 13.0. The number of hydrogen-bond donors (Lipinski definition) is 3. The molecule has 1 aliphatic heterocycles. The summed E-state index contributed by atoms with van der Waals surface area (Å²) in [4.78, 5) is 13.3. The van der Waals surface area contributed by atoms with Crippen LogP contribution in [0.5, 0.6) is 0 Å². The molecule has 2 aromatic carbocycles. The Hall–Kier alpha value is -2.19. The molecule has 0 saturated heterocycles. The molecule has 0 spiro atoms. The van der Waals surface area contributed by atoms with Crippen molar-refractivity contribution >= 4 is 17.8 Å². The third kappa shape index (κ3) is 4.75. The average Bonchev–Trinajstić information content (AvgIpc) is 2.66. The summed E-state index contributed by atoms with van der Waals surface area (Å²) in [5.74, 6) is 0.865. The Morgan fingerprint density at radius 2 is 1.89 bits per heavy atom. The van der Waals surface area contributed by atoms with Crippen LogP contribution in [0.1, 0.15) is 35.3 Å². The fourth-order valence-corrected chi connectivity index (χ4v) is 4.17. The van der Waals surface area contributed by atoms with Crippen LogP contribution in [-0.4, -0.2) is 23.4 Å². The third-order valence-corrected chi connectivity index (χ3v) is 5.47. The molecule has 3 N–H and O–H groups in total. The molecule has 8 heteroatoms. The van der Waals surface area contributed by atoms with E-state index < -0.39 is 23.9 Å². The van der Waals surface area contributed by atoms with Gasteiger partial charge in [-0.05, 0) is 29.7 Å². The standard InChI is InChI=1S/C19H19F3N2O2S/c20-19(21,22)14-7-3-1-5-12(14)16(25)11-23-18(26)24-15-9-10-27-17-8-4-2-6-13(15)17/h1-8,15-16,25H,9-11H2,(H2,23,24,26)/t15-,16+/m0/s1. The summed E-state index contributed by atoms with van der Waals surface area (Å²) in [7, 11) is 0. The quantitative estimate of drug-likeness (QED) is 0.723. The van der Waals surface area contributed by atoms with Crippen molar-refractivity contribution < 1.29 is 23.1 Å². The fraction of sp³-hybridized carbons (Fsp3) is 0.316. The molecule has 0 unspecified atom stereocenters. The van der Waals surface area contributed by atoms with Crippen molar-refractivity contribution in [3.05, 3.63) is 65.2 Å². The molecule has 0 aromatic heterocycles. The van der Waals surface area contributed by atoms with E-state index in [0.29, 0.717) is 0 Å². The second-order valence-corrected chi connectivity index (χ2v) is 7.32. The Labute approximate surface area is 159 Å². The lowest BCUT2D eigenvalue weighted by atomic mass is 10.0. The number of halogens is 3. The van der Waals surface area contributed by atoms with Gasteiger partial charge in [-0.3, -0.25) is 0 Å². The largest absolute Gasteiger partial charge is 0.416 e. The van der Waals surface area contributed by atoms with E-state index in [9.17, 15) is 23.1 Å². The van der Waals surface area contributed by atoms with Crippen LogP contribution in [-0.2, 0) is 6.18 Å². The summed E-state index contributed by atoms with van der Waals surface area (Å²) < 4.78 is 39.1. The summed E-state index contributed by atoms with van der Waals surface area (Å²) in [5, 5.41) is 15.4. The van der Waals surface area contributed by atoms with Gasteiger partial charge >= 0.3 is 12.2 Å². The lowest BCUT2D eigenvalue weighted by Gasteiger charge is -2.26. The molecule has 1 aliphatic rings. The second-order valence-electron chi connectivity index (χ2n) is 6.18. The number of urea groups is 1. The first-order valence-corrected chi connectivity index (χ1v) is 9.45. The number of rotatable bonds is 4. The topological polar surface area (TPSA) is 61.4 Å². The number of fused-ring (bicyclic) bond motifs is 1. The molecule has 0 fully saturated rings. The first-order valence-electron chi connectivity index (χ1n) is 8.46. The highest BCUT2D eigenvalue weighted by molar-refractivity contribution is 7.99. The molecule has 3 rings (SSSR count). The van der Waals surface area contributed by atoms with E-state index in [4.69, 9.17) is 0 Å². The predicted octanol–water partition coefficient (Wildman–Crippen LogP) is 4.28. The van der Waals surface area contributed by atoms with Crippen molar-refractivity contribution in [2.75, 3.05) is 12.3 Å². The van der Waals surface area contributed by atoms with Gasteiger partial charge in [-0.25, -0.2) is 4.79 Å². The van der Waals surface area contributed by atoms with E-state index in [-0.39, 0.29) is 18.2 Å². The Balaban J connectivity index is 1.61. The lowest BCUT2D eigenvalue weighted by molar-refractivity contribution is -0.139. The van der Waals surface area contributed by atoms with E-state index >= 15 is 0 Å². The molecule has 2 atom stereocenters. The van der Waals surface area contributed by atoms with Gasteiger partial charge in [-0.2, -0.15) is 13.2 Å². The van der Waals surface area contributed by atoms with Gasteiger partial charge in [-0.15, -0.1) is 11.8 Å². The third-order valence-electron chi connectivity index (χ3n) is 4.35. The average molecular weight is 396 g/mol. The number of carbonyl (C=O) groups is 1. The SMILES string of the molecule is O=C(NC[C@@H](O)c1ccccc1C(F)(F)F)N[C@H]1CCSc2ccccc21. The van der Waals surface area contributed by atoms with E-state index in [1.807, 2.05) is 24.3 Å². The maximum atomic E-state index is 13.0. The van der Waals surface area contributed by atoms with Crippen molar-refractivity contribution in [2.45, 2.75) is 29.6 Å². The first kappa shape index (κ1) is 19.6. The van der Waals surface area contributed by atoms with Crippen molar-refractivity contribution in [3.8, 4) is 0 Å². The molecular weight excluding hydrogens is 377 g/mol. The summed E-state index contributed by atoms with van der Waals surface area (Å²) in [6.45, 7) is -0.317. The summed E-state index contributed by atoms with van der Waals surface area (Å²) in [5.41, 5.74) is -0.144. The van der Waals surface area contributed by atoms with Gasteiger partial charge in [0.2, 0.25) is 0 Å². The van der Waals surface area contributed by atoms with Crippen LogP contribution < -0.4 is 10.6 Å². The highest BCUT2D eigenvalue weighted by atomic mass is 32.2. The Morgan fingerprint density at radius 1 is 1.19 bits per heavy atom. The Bertz CT molecular complexity index is 814. The number of hydrogen-bond acceptors (Lipinski definition) is 3. The molecular formula is C19H19F3N2O2S. The van der Waals surface area contributed by atoms with Crippen molar-refractivity contribution in [1.82, 2.24) is 10.6 Å². The molecule has 1 heterocycles. The lowest BCUT2D eigenvalue weighted by Crippen LogP contribution is -2.40. The predicted molar refractivity (Wildman–Crippen MR) is 97.5 cm³/mol. The van der Waals surface area contributed by atoms with E-state index in [0.717, 1.165) is 28.7 Å². The normalized spacial score (nSPS) is 17.7. The van der Waals surface area contributed by atoms with Gasteiger partial charge in [0, 0.05) is 17.2 Å². The molecule has 27 heavy (non-hydrogen) atoms. The molecule has 4 nitrogen and oxygen atoms in total. The molecule has 2 aromatic rings. The number of alkyl halides is 3. The number of amides is 2. The second kappa shape index (κ2) is 8.22. The fourth-order valence-electron chi connectivity index (χ4n) is 3.05. The molecule has 0 radical (unpaired) electrons. The minimum absolute atomic E-state index is 0.165. The molecule has 0 saturated carbocycles. The van der Waals surface area contributed by atoms with Crippen LogP contribution in [0, 0.1) is 0 Å². The van der Waals surface area contributed by atoms with Crippen LogP contribution >= 0.6 is 11.8 Å². The molecule has 0 aliphatic carbocycles. The van der Waals surface area contributed by atoms with Crippen molar-refractivity contribution in [3.63, 3.8) is 0 Å². The number of benzene rings is 2.